The zero-order chi connectivity index (χ0) is 11.4. The highest BCUT2D eigenvalue weighted by molar-refractivity contribution is 7.10. The van der Waals surface area contributed by atoms with Gasteiger partial charge in [-0.2, -0.15) is 5.26 Å². The number of allylic oxidation sites excluding steroid dienone is 1. The fourth-order valence-electron chi connectivity index (χ4n) is 1.25. The van der Waals surface area contributed by atoms with Gasteiger partial charge in [-0.1, -0.05) is 18.2 Å². The van der Waals surface area contributed by atoms with Crippen LogP contribution < -0.4 is 0 Å². The predicted octanol–water partition coefficient (Wildman–Crippen LogP) is 3.35. The van der Waals surface area contributed by atoms with E-state index in [0.717, 1.165) is 0 Å². The number of hydrogen-bond donors (Lipinski definition) is 0. The van der Waals surface area contributed by atoms with E-state index in [-0.39, 0.29) is 5.82 Å². The van der Waals surface area contributed by atoms with E-state index in [1.807, 2.05) is 6.07 Å². The molecule has 1 aromatic carbocycles. The monoisotopic (exact) mass is 230 g/mol. The maximum Gasteiger partial charge on any atom is 0.133 e. The Balaban J connectivity index is 2.44. The summed E-state index contributed by atoms with van der Waals surface area (Å²) >= 11 is 1.36. The molecule has 2 rings (SSSR count). The first kappa shape index (κ1) is 10.5. The van der Waals surface area contributed by atoms with Gasteiger partial charge >= 0.3 is 0 Å². The standard InChI is InChI=1S/C12H7FN2S/c13-11-4-2-1-3-9(11)7-10(8-14)12-15-5-6-16-12/h1-7H/b10-7+. The van der Waals surface area contributed by atoms with Crippen molar-refractivity contribution in [2.45, 2.75) is 0 Å². The molecule has 2 aromatic rings. The molecule has 4 heteroatoms. The van der Waals surface area contributed by atoms with Gasteiger partial charge in [0.2, 0.25) is 0 Å². The average molecular weight is 230 g/mol. The molecule has 78 valence electrons. The summed E-state index contributed by atoms with van der Waals surface area (Å²) in [4.78, 5) is 4.02. The third-order valence-corrected chi connectivity index (χ3v) is 2.79. The van der Waals surface area contributed by atoms with Gasteiger partial charge in [-0.05, 0) is 12.1 Å². The van der Waals surface area contributed by atoms with Crippen LogP contribution >= 0.6 is 11.3 Å². The van der Waals surface area contributed by atoms with Gasteiger partial charge < -0.3 is 0 Å². The Morgan fingerprint density at radius 3 is 2.88 bits per heavy atom. The third kappa shape index (κ3) is 2.15. The van der Waals surface area contributed by atoms with E-state index in [1.54, 1.807) is 29.8 Å². The van der Waals surface area contributed by atoms with Crippen LogP contribution in [0, 0.1) is 17.1 Å². The molecule has 0 aliphatic carbocycles. The van der Waals surface area contributed by atoms with Gasteiger partial charge in [-0.3, -0.25) is 0 Å². The van der Waals surface area contributed by atoms with Crippen LogP contribution in [0.15, 0.2) is 35.8 Å². The van der Waals surface area contributed by atoms with Crippen molar-refractivity contribution in [3.63, 3.8) is 0 Å². The molecule has 0 spiro atoms. The second-order valence-electron chi connectivity index (χ2n) is 3.03. The lowest BCUT2D eigenvalue weighted by Crippen LogP contribution is -1.83. The van der Waals surface area contributed by atoms with Gasteiger partial charge in [-0.15, -0.1) is 11.3 Å². The van der Waals surface area contributed by atoms with E-state index in [2.05, 4.69) is 4.98 Å². The minimum Gasteiger partial charge on any atom is -0.244 e. The Bertz CT molecular complexity index is 553. The number of benzene rings is 1. The molecule has 1 heterocycles. The van der Waals surface area contributed by atoms with Crippen molar-refractivity contribution in [3.8, 4) is 6.07 Å². The molecule has 0 amide bonds. The van der Waals surface area contributed by atoms with Gasteiger partial charge in [0.1, 0.15) is 16.9 Å². The SMILES string of the molecule is N#C/C(=C\c1ccccc1F)c1nccs1. The van der Waals surface area contributed by atoms with Gasteiger partial charge in [0.15, 0.2) is 0 Å². The Morgan fingerprint density at radius 1 is 1.44 bits per heavy atom. The van der Waals surface area contributed by atoms with E-state index in [9.17, 15) is 4.39 Å². The fourth-order valence-corrected chi connectivity index (χ4v) is 1.85. The topological polar surface area (TPSA) is 36.7 Å². The molecule has 0 atom stereocenters. The van der Waals surface area contributed by atoms with Crippen LogP contribution in [0.4, 0.5) is 4.39 Å². The lowest BCUT2D eigenvalue weighted by molar-refractivity contribution is 0.625. The van der Waals surface area contributed by atoms with Crippen LogP contribution in [0.25, 0.3) is 11.6 Å². The zero-order valence-electron chi connectivity index (χ0n) is 8.22. The molecule has 0 saturated carbocycles. The van der Waals surface area contributed by atoms with Crippen molar-refractivity contribution < 1.29 is 4.39 Å². The summed E-state index contributed by atoms with van der Waals surface area (Å²) in [5, 5.41) is 11.4. The minimum absolute atomic E-state index is 0.341. The summed E-state index contributed by atoms with van der Waals surface area (Å²) in [5.74, 6) is -0.341. The molecular formula is C12H7FN2S. The van der Waals surface area contributed by atoms with Crippen molar-refractivity contribution in [1.29, 1.82) is 5.26 Å². The zero-order valence-corrected chi connectivity index (χ0v) is 9.04. The van der Waals surface area contributed by atoms with Gasteiger partial charge in [0.25, 0.3) is 0 Å². The molecule has 0 aliphatic rings. The summed E-state index contributed by atoms with van der Waals surface area (Å²) in [6, 6.07) is 8.35. The molecule has 1 aromatic heterocycles. The van der Waals surface area contributed by atoms with Gasteiger partial charge in [0, 0.05) is 17.1 Å². The second-order valence-corrected chi connectivity index (χ2v) is 3.92. The molecule has 0 radical (unpaired) electrons. The number of nitrogens with zero attached hydrogens (tertiary/aromatic N) is 2. The Hall–Kier alpha value is -1.99. The van der Waals surface area contributed by atoms with Crippen molar-refractivity contribution in [2.75, 3.05) is 0 Å². The number of aromatic nitrogens is 1. The molecule has 0 aliphatic heterocycles. The lowest BCUT2D eigenvalue weighted by Gasteiger charge is -1.96. The highest BCUT2D eigenvalue weighted by Gasteiger charge is 2.05. The number of thiazole rings is 1. The molecule has 0 bridgehead atoms. The first-order chi connectivity index (χ1) is 7.81. The molecule has 0 unspecified atom stereocenters. The average Bonchev–Trinajstić information content (AvgIpc) is 2.81. The largest absolute Gasteiger partial charge is 0.244 e. The summed E-state index contributed by atoms with van der Waals surface area (Å²) in [7, 11) is 0. The van der Waals surface area contributed by atoms with Crippen LogP contribution in [0.5, 0.6) is 0 Å². The number of nitriles is 1. The predicted molar refractivity (Wildman–Crippen MR) is 62.0 cm³/mol. The van der Waals surface area contributed by atoms with Crippen molar-refractivity contribution in [1.82, 2.24) is 4.98 Å². The Morgan fingerprint density at radius 2 is 2.25 bits per heavy atom. The first-order valence-corrected chi connectivity index (χ1v) is 5.45. The third-order valence-electron chi connectivity index (χ3n) is 1.99. The van der Waals surface area contributed by atoms with E-state index in [0.29, 0.717) is 16.1 Å². The lowest BCUT2D eigenvalue weighted by atomic mass is 10.1. The number of hydrogen-bond acceptors (Lipinski definition) is 3. The molecule has 0 fully saturated rings. The van der Waals surface area contributed by atoms with Crippen LogP contribution in [-0.4, -0.2) is 4.98 Å². The normalized spacial score (nSPS) is 11.1. The number of halogens is 1. The molecule has 2 nitrogen and oxygen atoms in total. The fraction of sp³-hybridized carbons (Fsp3) is 0. The van der Waals surface area contributed by atoms with Crippen molar-refractivity contribution >= 4 is 23.0 Å². The second kappa shape index (κ2) is 4.69. The smallest absolute Gasteiger partial charge is 0.133 e. The minimum atomic E-state index is -0.341. The molecular weight excluding hydrogens is 223 g/mol. The van der Waals surface area contributed by atoms with Gasteiger partial charge in [-0.25, -0.2) is 9.37 Å². The van der Waals surface area contributed by atoms with Crippen LogP contribution in [0.2, 0.25) is 0 Å². The van der Waals surface area contributed by atoms with E-state index in [4.69, 9.17) is 5.26 Å². The highest BCUT2D eigenvalue weighted by atomic mass is 32.1. The summed E-state index contributed by atoms with van der Waals surface area (Å²) in [6.45, 7) is 0. The summed E-state index contributed by atoms with van der Waals surface area (Å²) < 4.78 is 13.4. The van der Waals surface area contributed by atoms with Crippen LogP contribution in [0.1, 0.15) is 10.6 Å². The van der Waals surface area contributed by atoms with Gasteiger partial charge in [0.05, 0.1) is 5.57 Å². The van der Waals surface area contributed by atoms with E-state index >= 15 is 0 Å². The number of rotatable bonds is 2. The Kier molecular flexibility index (Phi) is 3.08. The van der Waals surface area contributed by atoms with Crippen LogP contribution in [0.3, 0.4) is 0 Å². The highest BCUT2D eigenvalue weighted by Crippen LogP contribution is 2.20. The quantitative estimate of drug-likeness (QED) is 0.742. The van der Waals surface area contributed by atoms with E-state index in [1.165, 1.54) is 23.5 Å². The van der Waals surface area contributed by atoms with Crippen molar-refractivity contribution in [3.05, 3.63) is 52.2 Å². The summed E-state index contributed by atoms with van der Waals surface area (Å²) in [6.07, 6.45) is 3.13. The maximum atomic E-state index is 13.4. The summed E-state index contributed by atoms with van der Waals surface area (Å²) in [5.41, 5.74) is 0.773. The van der Waals surface area contributed by atoms with E-state index < -0.39 is 0 Å². The molecule has 0 N–H and O–H groups in total. The van der Waals surface area contributed by atoms with Crippen LogP contribution in [-0.2, 0) is 0 Å². The Labute approximate surface area is 96.3 Å². The van der Waals surface area contributed by atoms with Crippen molar-refractivity contribution in [2.24, 2.45) is 0 Å². The maximum absolute atomic E-state index is 13.4. The molecule has 16 heavy (non-hydrogen) atoms. The first-order valence-electron chi connectivity index (χ1n) is 4.57. The molecule has 0 saturated heterocycles.